The Bertz CT molecular complexity index is 329. The molecule has 2 N–H and O–H groups in total. The van der Waals surface area contributed by atoms with Gasteiger partial charge in [0.15, 0.2) is 0 Å². The summed E-state index contributed by atoms with van der Waals surface area (Å²) in [7, 11) is 0. The molecule has 2 atom stereocenters. The van der Waals surface area contributed by atoms with Crippen molar-refractivity contribution in [3.63, 3.8) is 0 Å². The van der Waals surface area contributed by atoms with Crippen molar-refractivity contribution in [3.05, 3.63) is 17.4 Å². The third kappa shape index (κ3) is 1.35. The Morgan fingerprint density at radius 1 is 1.29 bits per heavy atom. The van der Waals surface area contributed by atoms with Gasteiger partial charge in [0.2, 0.25) is 5.95 Å². The van der Waals surface area contributed by atoms with Crippen molar-refractivity contribution in [2.75, 3.05) is 18.4 Å². The molecule has 2 fully saturated rings. The van der Waals surface area contributed by atoms with Crippen molar-refractivity contribution in [1.82, 2.24) is 15.3 Å². The topological polar surface area (TPSA) is 49.8 Å². The van der Waals surface area contributed by atoms with Crippen molar-refractivity contribution in [3.8, 4) is 0 Å². The van der Waals surface area contributed by atoms with Gasteiger partial charge < -0.3 is 10.6 Å². The molecule has 4 nitrogen and oxygen atoms in total. The van der Waals surface area contributed by atoms with Crippen LogP contribution in [0.25, 0.3) is 0 Å². The van der Waals surface area contributed by atoms with Crippen LogP contribution in [0.2, 0.25) is 5.02 Å². The van der Waals surface area contributed by atoms with E-state index in [9.17, 15) is 0 Å². The van der Waals surface area contributed by atoms with Gasteiger partial charge in [-0.1, -0.05) is 11.6 Å². The van der Waals surface area contributed by atoms with Gasteiger partial charge in [-0.25, -0.2) is 9.97 Å². The average molecular weight is 211 g/mol. The van der Waals surface area contributed by atoms with Gasteiger partial charge >= 0.3 is 0 Å². The maximum Gasteiger partial charge on any atom is 0.222 e. The zero-order chi connectivity index (χ0) is 9.54. The smallest absolute Gasteiger partial charge is 0.222 e. The van der Waals surface area contributed by atoms with Crippen LogP contribution >= 0.6 is 11.6 Å². The third-order valence-electron chi connectivity index (χ3n) is 3.01. The Morgan fingerprint density at radius 2 is 1.93 bits per heavy atom. The van der Waals surface area contributed by atoms with Crippen LogP contribution in [0, 0.1) is 11.8 Å². The Labute approximate surface area is 87.1 Å². The number of anilines is 1. The molecule has 3 rings (SSSR count). The number of halogens is 1. The summed E-state index contributed by atoms with van der Waals surface area (Å²) in [6.07, 6.45) is 3.24. The van der Waals surface area contributed by atoms with Crippen LogP contribution in [0.15, 0.2) is 12.4 Å². The van der Waals surface area contributed by atoms with E-state index in [4.69, 9.17) is 11.6 Å². The predicted octanol–water partition coefficient (Wildman–Crippen LogP) is 0.760. The minimum atomic E-state index is 0.567. The molecule has 0 radical (unpaired) electrons. The Kier molecular flexibility index (Phi) is 1.85. The zero-order valence-electron chi connectivity index (χ0n) is 7.57. The largest absolute Gasteiger partial charge is 0.351 e. The first kappa shape index (κ1) is 8.44. The van der Waals surface area contributed by atoms with Crippen LogP contribution in [-0.4, -0.2) is 29.1 Å². The lowest BCUT2D eigenvalue weighted by Crippen LogP contribution is -2.22. The highest BCUT2D eigenvalue weighted by Gasteiger charge is 2.53. The Morgan fingerprint density at radius 3 is 2.57 bits per heavy atom. The first-order valence-electron chi connectivity index (χ1n) is 4.79. The predicted molar refractivity (Wildman–Crippen MR) is 54.3 cm³/mol. The van der Waals surface area contributed by atoms with Crippen LogP contribution in [0.3, 0.4) is 0 Å². The fraction of sp³-hybridized carbons (Fsp3) is 0.556. The SMILES string of the molecule is Clc1cnc(NC2C3CNCC32)nc1. The van der Waals surface area contributed by atoms with Crippen LogP contribution in [0.1, 0.15) is 0 Å². The quantitative estimate of drug-likeness (QED) is 0.757. The Balaban J connectivity index is 1.65. The summed E-state index contributed by atoms with van der Waals surface area (Å²) in [5, 5.41) is 7.25. The molecular weight excluding hydrogens is 200 g/mol. The van der Waals surface area contributed by atoms with E-state index >= 15 is 0 Å². The molecule has 1 aromatic heterocycles. The second-order valence-electron chi connectivity index (χ2n) is 3.88. The molecule has 1 saturated carbocycles. The molecule has 1 saturated heterocycles. The van der Waals surface area contributed by atoms with E-state index < -0.39 is 0 Å². The standard InChI is InChI=1S/C9H11ClN4/c10-5-1-12-9(13-2-5)14-8-6-3-11-4-7(6)8/h1-2,6-8,11H,3-4H2,(H,12,13,14). The van der Waals surface area contributed by atoms with Crippen molar-refractivity contribution in [1.29, 1.82) is 0 Å². The molecule has 0 amide bonds. The van der Waals surface area contributed by atoms with Gasteiger partial charge in [-0.05, 0) is 11.8 Å². The monoisotopic (exact) mass is 210 g/mol. The number of nitrogens with one attached hydrogen (secondary N) is 2. The molecule has 14 heavy (non-hydrogen) atoms. The number of fused-ring (bicyclic) bond motifs is 1. The van der Waals surface area contributed by atoms with E-state index in [0.717, 1.165) is 24.9 Å². The van der Waals surface area contributed by atoms with Gasteiger partial charge in [0.1, 0.15) is 0 Å². The number of nitrogens with zero attached hydrogens (tertiary/aromatic N) is 2. The minimum Gasteiger partial charge on any atom is -0.351 e. The fourth-order valence-corrected chi connectivity index (χ4v) is 2.27. The summed E-state index contributed by atoms with van der Waals surface area (Å²) in [5.41, 5.74) is 0. The normalized spacial score (nSPS) is 33.9. The highest BCUT2D eigenvalue weighted by atomic mass is 35.5. The highest BCUT2D eigenvalue weighted by Crippen LogP contribution is 2.43. The zero-order valence-corrected chi connectivity index (χ0v) is 8.33. The van der Waals surface area contributed by atoms with Crippen molar-refractivity contribution < 1.29 is 0 Å². The lowest BCUT2D eigenvalue weighted by atomic mass is 10.4. The van der Waals surface area contributed by atoms with Gasteiger partial charge in [-0.15, -0.1) is 0 Å². The van der Waals surface area contributed by atoms with E-state index in [2.05, 4.69) is 20.6 Å². The van der Waals surface area contributed by atoms with Crippen LogP contribution < -0.4 is 10.6 Å². The van der Waals surface area contributed by atoms with Crippen molar-refractivity contribution >= 4 is 17.5 Å². The molecule has 5 heteroatoms. The van der Waals surface area contributed by atoms with E-state index in [1.54, 1.807) is 12.4 Å². The van der Waals surface area contributed by atoms with E-state index in [0.29, 0.717) is 17.0 Å². The summed E-state index contributed by atoms with van der Waals surface area (Å²) < 4.78 is 0. The van der Waals surface area contributed by atoms with Gasteiger partial charge in [0.05, 0.1) is 17.4 Å². The van der Waals surface area contributed by atoms with Gasteiger partial charge in [-0.3, -0.25) is 0 Å². The van der Waals surface area contributed by atoms with E-state index in [1.807, 2.05) is 0 Å². The highest BCUT2D eigenvalue weighted by molar-refractivity contribution is 6.30. The molecule has 1 aliphatic carbocycles. The van der Waals surface area contributed by atoms with Gasteiger partial charge in [0.25, 0.3) is 0 Å². The van der Waals surface area contributed by atoms with Gasteiger partial charge in [-0.2, -0.15) is 0 Å². The first-order valence-corrected chi connectivity index (χ1v) is 5.17. The summed E-state index contributed by atoms with van der Waals surface area (Å²) in [5.74, 6) is 2.23. The molecule has 0 spiro atoms. The lowest BCUT2D eigenvalue weighted by molar-refractivity contribution is 0.693. The van der Waals surface area contributed by atoms with Crippen molar-refractivity contribution in [2.24, 2.45) is 11.8 Å². The second kappa shape index (κ2) is 3.07. The molecule has 2 unspecified atom stereocenters. The maximum atomic E-state index is 5.70. The van der Waals surface area contributed by atoms with Gasteiger partial charge in [0, 0.05) is 19.1 Å². The minimum absolute atomic E-state index is 0.567. The summed E-state index contributed by atoms with van der Waals surface area (Å²) in [6, 6.07) is 0.567. The van der Waals surface area contributed by atoms with Crippen LogP contribution in [-0.2, 0) is 0 Å². The summed E-state index contributed by atoms with van der Waals surface area (Å²) in [6.45, 7) is 2.24. The van der Waals surface area contributed by atoms with Crippen LogP contribution in [0.5, 0.6) is 0 Å². The van der Waals surface area contributed by atoms with E-state index in [1.165, 1.54) is 0 Å². The summed E-state index contributed by atoms with van der Waals surface area (Å²) >= 11 is 5.70. The first-order chi connectivity index (χ1) is 6.84. The summed E-state index contributed by atoms with van der Waals surface area (Å²) in [4.78, 5) is 8.22. The number of aromatic nitrogens is 2. The fourth-order valence-electron chi connectivity index (χ4n) is 2.17. The number of piperidine rings is 1. The molecule has 74 valence electrons. The maximum absolute atomic E-state index is 5.70. The molecule has 2 heterocycles. The average Bonchev–Trinajstić information content (AvgIpc) is 2.63. The number of hydrogen-bond acceptors (Lipinski definition) is 4. The van der Waals surface area contributed by atoms with Crippen LogP contribution in [0.4, 0.5) is 5.95 Å². The molecule has 0 aromatic carbocycles. The van der Waals surface area contributed by atoms with E-state index in [-0.39, 0.29) is 0 Å². The third-order valence-corrected chi connectivity index (χ3v) is 3.20. The molecular formula is C9H11ClN4. The molecule has 1 aromatic rings. The van der Waals surface area contributed by atoms with Crippen molar-refractivity contribution in [2.45, 2.75) is 6.04 Å². The molecule has 2 aliphatic rings. The Hall–Kier alpha value is -0.870. The second-order valence-corrected chi connectivity index (χ2v) is 4.32. The number of hydrogen-bond donors (Lipinski definition) is 2. The lowest BCUT2D eigenvalue weighted by Gasteiger charge is -2.06. The molecule has 1 aliphatic heterocycles. The number of rotatable bonds is 2. The molecule has 0 bridgehead atoms.